The molecular weight excluding hydrogens is 316 g/mol. The van der Waals surface area contributed by atoms with Crippen molar-refractivity contribution in [1.82, 2.24) is 30.1 Å². The van der Waals surface area contributed by atoms with E-state index in [1.807, 2.05) is 45.2 Å². The van der Waals surface area contributed by atoms with Crippen molar-refractivity contribution < 1.29 is 4.79 Å². The summed E-state index contributed by atoms with van der Waals surface area (Å²) in [6.07, 6.45) is 4.02. The third-order valence-electron chi connectivity index (χ3n) is 4.32. The van der Waals surface area contributed by atoms with Gasteiger partial charge in [-0.05, 0) is 60.2 Å². The number of tetrazole rings is 1. The lowest BCUT2D eigenvalue weighted by Gasteiger charge is -2.25. The van der Waals surface area contributed by atoms with Crippen LogP contribution in [0, 0.1) is 6.92 Å². The van der Waals surface area contributed by atoms with Gasteiger partial charge in [-0.25, -0.2) is 4.68 Å². The highest BCUT2D eigenvalue weighted by molar-refractivity contribution is 5.94. The maximum atomic E-state index is 12.7. The zero-order valence-corrected chi connectivity index (χ0v) is 14.5. The second-order valence-corrected chi connectivity index (χ2v) is 6.04. The van der Waals surface area contributed by atoms with Crippen molar-refractivity contribution in [2.75, 3.05) is 7.05 Å². The molecule has 0 unspecified atom stereocenters. The van der Waals surface area contributed by atoms with Gasteiger partial charge in [-0.2, -0.15) is 0 Å². The molecule has 7 nitrogen and oxygen atoms in total. The number of hydrogen-bond donors (Lipinski definition) is 0. The molecule has 0 aliphatic carbocycles. The lowest BCUT2D eigenvalue weighted by Crippen LogP contribution is -2.36. The fraction of sp³-hybridized carbons (Fsp3) is 0.278. The van der Waals surface area contributed by atoms with E-state index in [2.05, 4.69) is 20.5 Å². The summed E-state index contributed by atoms with van der Waals surface area (Å²) in [5.74, 6) is -0.0238. The van der Waals surface area contributed by atoms with Gasteiger partial charge in [0.25, 0.3) is 5.91 Å². The number of pyridine rings is 1. The van der Waals surface area contributed by atoms with Crippen LogP contribution >= 0.6 is 0 Å². The molecule has 0 N–H and O–H groups in total. The first kappa shape index (κ1) is 16.8. The Morgan fingerprint density at radius 1 is 1.24 bits per heavy atom. The normalized spacial score (nSPS) is 12.0. The molecule has 2 heterocycles. The molecule has 0 radical (unpaired) electrons. The van der Waals surface area contributed by atoms with Crippen LogP contribution in [0.25, 0.3) is 5.69 Å². The molecule has 1 atom stereocenters. The van der Waals surface area contributed by atoms with Crippen molar-refractivity contribution in [2.45, 2.75) is 26.3 Å². The molecule has 3 rings (SSSR count). The Labute approximate surface area is 146 Å². The third-order valence-corrected chi connectivity index (χ3v) is 4.32. The first-order valence-corrected chi connectivity index (χ1v) is 8.07. The summed E-state index contributed by atoms with van der Waals surface area (Å²) >= 11 is 0. The van der Waals surface area contributed by atoms with Crippen molar-refractivity contribution in [3.8, 4) is 5.69 Å². The average molecular weight is 336 g/mol. The second kappa shape index (κ2) is 7.21. The van der Waals surface area contributed by atoms with E-state index in [0.717, 1.165) is 23.4 Å². The number of aryl methyl sites for hydroxylation is 1. The van der Waals surface area contributed by atoms with Gasteiger partial charge in [0.15, 0.2) is 0 Å². The number of carbonyl (C=O) groups is 1. The summed E-state index contributed by atoms with van der Waals surface area (Å²) in [6.45, 7) is 4.07. The van der Waals surface area contributed by atoms with Crippen LogP contribution in [0.5, 0.6) is 0 Å². The molecule has 0 saturated heterocycles. The quantitative estimate of drug-likeness (QED) is 0.713. The van der Waals surface area contributed by atoms with E-state index in [0.29, 0.717) is 5.56 Å². The largest absolute Gasteiger partial charge is 0.339 e. The SMILES string of the molecule is Cc1cccnc1C[C@H](C)N(C)C(=O)c1ccc(-n2cnnn2)cc1. The highest BCUT2D eigenvalue weighted by atomic mass is 16.2. The van der Waals surface area contributed by atoms with E-state index in [1.165, 1.54) is 6.33 Å². The molecule has 7 heteroatoms. The number of amides is 1. The smallest absolute Gasteiger partial charge is 0.253 e. The second-order valence-electron chi connectivity index (χ2n) is 6.04. The summed E-state index contributed by atoms with van der Waals surface area (Å²) in [6, 6.07) is 11.2. The van der Waals surface area contributed by atoms with Crippen LogP contribution in [0.1, 0.15) is 28.5 Å². The fourth-order valence-corrected chi connectivity index (χ4v) is 2.59. The molecule has 0 saturated carbocycles. The Morgan fingerprint density at radius 3 is 2.64 bits per heavy atom. The lowest BCUT2D eigenvalue weighted by molar-refractivity contribution is 0.0743. The zero-order chi connectivity index (χ0) is 17.8. The van der Waals surface area contributed by atoms with Crippen LogP contribution in [0.3, 0.4) is 0 Å². The third kappa shape index (κ3) is 3.71. The van der Waals surface area contributed by atoms with E-state index >= 15 is 0 Å². The topological polar surface area (TPSA) is 76.8 Å². The Bertz CT molecular complexity index is 844. The first-order chi connectivity index (χ1) is 12.1. The minimum absolute atomic E-state index is 0.0238. The minimum Gasteiger partial charge on any atom is -0.339 e. The van der Waals surface area contributed by atoms with Crippen molar-refractivity contribution in [1.29, 1.82) is 0 Å². The van der Waals surface area contributed by atoms with Gasteiger partial charge in [0.2, 0.25) is 0 Å². The highest BCUT2D eigenvalue weighted by Crippen LogP contribution is 2.14. The predicted octanol–water partition coefficient (Wildman–Crippen LogP) is 2.07. The molecule has 0 bridgehead atoms. The van der Waals surface area contributed by atoms with Crippen LogP contribution in [-0.4, -0.2) is 49.1 Å². The number of hydrogen-bond acceptors (Lipinski definition) is 5. The number of rotatable bonds is 5. The lowest BCUT2D eigenvalue weighted by atomic mass is 10.1. The molecule has 1 aromatic carbocycles. The molecule has 0 aliphatic heterocycles. The predicted molar refractivity (Wildman–Crippen MR) is 93.4 cm³/mol. The number of nitrogens with zero attached hydrogens (tertiary/aromatic N) is 6. The van der Waals surface area contributed by atoms with Crippen LogP contribution < -0.4 is 0 Å². The van der Waals surface area contributed by atoms with Gasteiger partial charge in [0, 0.05) is 37.0 Å². The van der Waals surface area contributed by atoms with Gasteiger partial charge in [-0.3, -0.25) is 9.78 Å². The average Bonchev–Trinajstić information content (AvgIpc) is 3.17. The number of carbonyl (C=O) groups excluding carboxylic acids is 1. The maximum Gasteiger partial charge on any atom is 0.253 e. The zero-order valence-electron chi connectivity index (χ0n) is 14.5. The van der Waals surface area contributed by atoms with Crippen LogP contribution in [0.2, 0.25) is 0 Å². The molecule has 2 aromatic heterocycles. The van der Waals surface area contributed by atoms with Gasteiger partial charge in [-0.1, -0.05) is 6.07 Å². The molecule has 25 heavy (non-hydrogen) atoms. The van der Waals surface area contributed by atoms with E-state index in [9.17, 15) is 4.79 Å². The Morgan fingerprint density at radius 2 is 2.00 bits per heavy atom. The van der Waals surface area contributed by atoms with Crippen molar-refractivity contribution in [3.63, 3.8) is 0 Å². The number of likely N-dealkylation sites (N-methyl/N-ethyl adjacent to an activating group) is 1. The van der Waals surface area contributed by atoms with Crippen molar-refractivity contribution >= 4 is 5.91 Å². The molecular formula is C18H20N6O. The molecule has 0 fully saturated rings. The number of benzene rings is 1. The van der Waals surface area contributed by atoms with Crippen LogP contribution in [0.15, 0.2) is 48.9 Å². The Kier molecular flexibility index (Phi) is 4.83. The maximum absolute atomic E-state index is 12.7. The standard InChI is InChI=1S/C18H20N6O/c1-13-5-4-10-19-17(13)11-14(2)23(3)18(25)15-6-8-16(9-7-15)24-12-20-21-22-24/h4-10,12,14H,11H2,1-3H3/t14-/m0/s1. The van der Waals surface area contributed by atoms with Gasteiger partial charge in [-0.15, -0.1) is 5.10 Å². The Balaban J connectivity index is 1.70. The summed E-state index contributed by atoms with van der Waals surface area (Å²) in [5.41, 5.74) is 3.59. The van der Waals surface area contributed by atoms with E-state index in [-0.39, 0.29) is 11.9 Å². The Hall–Kier alpha value is -3.09. The summed E-state index contributed by atoms with van der Waals surface area (Å²) < 4.78 is 1.55. The summed E-state index contributed by atoms with van der Waals surface area (Å²) in [5, 5.41) is 11.0. The molecule has 3 aromatic rings. The van der Waals surface area contributed by atoms with Gasteiger partial charge in [0.05, 0.1) is 5.69 Å². The molecule has 128 valence electrons. The molecule has 0 spiro atoms. The monoisotopic (exact) mass is 336 g/mol. The molecule has 0 aliphatic rings. The van der Waals surface area contributed by atoms with Gasteiger partial charge < -0.3 is 4.90 Å². The van der Waals surface area contributed by atoms with Crippen LogP contribution in [-0.2, 0) is 6.42 Å². The van der Waals surface area contributed by atoms with Gasteiger partial charge >= 0.3 is 0 Å². The van der Waals surface area contributed by atoms with Gasteiger partial charge in [0.1, 0.15) is 6.33 Å². The minimum atomic E-state index is -0.0238. The summed E-state index contributed by atoms with van der Waals surface area (Å²) in [7, 11) is 1.82. The van der Waals surface area contributed by atoms with Crippen LogP contribution in [0.4, 0.5) is 0 Å². The molecule has 1 amide bonds. The first-order valence-electron chi connectivity index (χ1n) is 8.07. The van der Waals surface area contributed by atoms with Crippen molar-refractivity contribution in [2.24, 2.45) is 0 Å². The highest BCUT2D eigenvalue weighted by Gasteiger charge is 2.19. The van der Waals surface area contributed by atoms with Crippen molar-refractivity contribution in [3.05, 3.63) is 65.7 Å². The van der Waals surface area contributed by atoms with E-state index < -0.39 is 0 Å². The van der Waals surface area contributed by atoms with E-state index in [1.54, 1.807) is 27.9 Å². The summed E-state index contributed by atoms with van der Waals surface area (Å²) in [4.78, 5) is 18.9. The fourth-order valence-electron chi connectivity index (χ4n) is 2.59. The van der Waals surface area contributed by atoms with E-state index in [4.69, 9.17) is 0 Å². The number of aromatic nitrogens is 5.